The molecule has 170 valence electrons. The van der Waals surface area contributed by atoms with E-state index in [0.29, 0.717) is 30.5 Å². The molecule has 0 unspecified atom stereocenters. The summed E-state index contributed by atoms with van der Waals surface area (Å²) in [5.74, 6) is 2.56. The van der Waals surface area contributed by atoms with E-state index in [9.17, 15) is 4.79 Å². The molecule has 0 atom stereocenters. The molecule has 6 nitrogen and oxygen atoms in total. The number of nitrogens with one attached hydrogen (secondary N) is 1. The van der Waals surface area contributed by atoms with Gasteiger partial charge in [-0.25, -0.2) is 4.98 Å². The fraction of sp³-hybridized carbons (Fsp3) is 0.308. The minimum atomic E-state index is -0.0676. The van der Waals surface area contributed by atoms with Crippen LogP contribution in [0.5, 0.6) is 17.2 Å². The number of aryl methyl sites for hydroxylation is 3. The Morgan fingerprint density at radius 1 is 1.03 bits per heavy atom. The number of methoxy groups -OCH3 is 1. The minimum Gasteiger partial charge on any atom is -0.493 e. The van der Waals surface area contributed by atoms with Crippen LogP contribution in [0.3, 0.4) is 0 Å². The fourth-order valence-electron chi connectivity index (χ4n) is 4.25. The summed E-state index contributed by atoms with van der Waals surface area (Å²) in [6.45, 7) is 2.83. The fourth-order valence-corrected chi connectivity index (χ4v) is 5.51. The third-order valence-corrected chi connectivity index (χ3v) is 7.05. The normalized spacial score (nSPS) is 13.0. The van der Waals surface area contributed by atoms with Crippen LogP contribution in [0.4, 0.5) is 0 Å². The van der Waals surface area contributed by atoms with Gasteiger partial charge in [0, 0.05) is 10.4 Å². The number of aromatic nitrogens is 2. The first-order chi connectivity index (χ1) is 16.1. The maximum absolute atomic E-state index is 12.9. The van der Waals surface area contributed by atoms with Crippen LogP contribution in [0.25, 0.3) is 21.6 Å². The standard InChI is InChI=1S/C26H26N2O4S/c1-16-6-5-7-18(14-16)31-12-13-32-20-11-10-17(15-21(20)30-2)24-27-25(29)23-19-8-3-4-9-22(19)33-26(23)28-24/h5-7,10-11,14-15H,3-4,8-9,12-13H2,1-2H3,(H,27,28,29). The van der Waals surface area contributed by atoms with Gasteiger partial charge in [-0.05, 0) is 74.1 Å². The molecule has 2 heterocycles. The van der Waals surface area contributed by atoms with Crippen LogP contribution in [-0.2, 0) is 12.8 Å². The van der Waals surface area contributed by atoms with Crippen LogP contribution in [0.2, 0.25) is 0 Å². The minimum absolute atomic E-state index is 0.0676. The molecule has 2 aromatic heterocycles. The zero-order chi connectivity index (χ0) is 22.8. The van der Waals surface area contributed by atoms with Gasteiger partial charge in [0.1, 0.15) is 29.6 Å². The van der Waals surface area contributed by atoms with Crippen molar-refractivity contribution in [2.45, 2.75) is 32.6 Å². The van der Waals surface area contributed by atoms with Crippen molar-refractivity contribution in [2.24, 2.45) is 0 Å². The van der Waals surface area contributed by atoms with Crippen molar-refractivity contribution < 1.29 is 14.2 Å². The summed E-state index contributed by atoms with van der Waals surface area (Å²) in [6.07, 6.45) is 4.32. The smallest absolute Gasteiger partial charge is 0.260 e. The number of hydrogen-bond acceptors (Lipinski definition) is 6. The maximum Gasteiger partial charge on any atom is 0.260 e. The van der Waals surface area contributed by atoms with Crippen LogP contribution in [0, 0.1) is 6.92 Å². The first-order valence-electron chi connectivity index (χ1n) is 11.2. The Labute approximate surface area is 196 Å². The van der Waals surface area contributed by atoms with E-state index in [4.69, 9.17) is 19.2 Å². The lowest BCUT2D eigenvalue weighted by Gasteiger charge is -2.13. The van der Waals surface area contributed by atoms with Crippen molar-refractivity contribution in [3.63, 3.8) is 0 Å². The topological polar surface area (TPSA) is 73.4 Å². The van der Waals surface area contributed by atoms with Crippen LogP contribution < -0.4 is 19.8 Å². The summed E-state index contributed by atoms with van der Waals surface area (Å²) in [6, 6.07) is 13.5. The van der Waals surface area contributed by atoms with E-state index in [2.05, 4.69) is 4.98 Å². The lowest BCUT2D eigenvalue weighted by molar-refractivity contribution is 0.211. The number of rotatable bonds is 7. The predicted octanol–water partition coefficient (Wildman–Crippen LogP) is 5.31. The Kier molecular flexibility index (Phi) is 6.05. The highest BCUT2D eigenvalue weighted by Gasteiger charge is 2.20. The Balaban J connectivity index is 1.33. The van der Waals surface area contributed by atoms with E-state index in [0.717, 1.165) is 46.4 Å². The van der Waals surface area contributed by atoms with Gasteiger partial charge < -0.3 is 19.2 Å². The predicted molar refractivity (Wildman–Crippen MR) is 131 cm³/mol. The summed E-state index contributed by atoms with van der Waals surface area (Å²) in [5.41, 5.74) is 3.05. The molecule has 0 saturated heterocycles. The molecule has 1 aliphatic rings. The molecule has 1 N–H and O–H groups in total. The summed E-state index contributed by atoms with van der Waals surface area (Å²) in [5, 5.41) is 0.763. The highest BCUT2D eigenvalue weighted by atomic mass is 32.1. The lowest BCUT2D eigenvalue weighted by Crippen LogP contribution is -2.11. The number of nitrogens with zero attached hydrogens (tertiary/aromatic N) is 1. The van der Waals surface area contributed by atoms with Gasteiger partial charge in [0.15, 0.2) is 11.5 Å². The van der Waals surface area contributed by atoms with Gasteiger partial charge in [0.25, 0.3) is 5.56 Å². The number of ether oxygens (including phenoxy) is 3. The highest BCUT2D eigenvalue weighted by molar-refractivity contribution is 7.18. The first kappa shape index (κ1) is 21.5. The van der Waals surface area contributed by atoms with Crippen molar-refractivity contribution >= 4 is 21.6 Å². The number of fused-ring (bicyclic) bond motifs is 3. The van der Waals surface area contributed by atoms with Crippen LogP contribution in [-0.4, -0.2) is 30.3 Å². The van der Waals surface area contributed by atoms with Gasteiger partial charge in [0.05, 0.1) is 12.5 Å². The first-order valence-corrected chi connectivity index (χ1v) is 12.0. The molecular formula is C26H26N2O4S. The Bertz CT molecular complexity index is 1360. The van der Waals surface area contributed by atoms with Gasteiger partial charge in [-0.3, -0.25) is 4.79 Å². The molecule has 0 fully saturated rings. The Morgan fingerprint density at radius 2 is 1.88 bits per heavy atom. The van der Waals surface area contributed by atoms with Crippen molar-refractivity contribution in [3.8, 4) is 28.6 Å². The van der Waals surface area contributed by atoms with Gasteiger partial charge >= 0.3 is 0 Å². The second-order valence-electron chi connectivity index (χ2n) is 8.18. The molecular weight excluding hydrogens is 436 g/mol. The average molecular weight is 463 g/mol. The molecule has 0 spiro atoms. The number of aromatic amines is 1. The number of hydrogen-bond donors (Lipinski definition) is 1. The van der Waals surface area contributed by atoms with Crippen LogP contribution in [0.15, 0.2) is 47.3 Å². The zero-order valence-corrected chi connectivity index (χ0v) is 19.6. The van der Waals surface area contributed by atoms with E-state index < -0.39 is 0 Å². The quantitative estimate of drug-likeness (QED) is 0.377. The van der Waals surface area contributed by atoms with Crippen molar-refractivity contribution in [2.75, 3.05) is 20.3 Å². The third kappa shape index (κ3) is 4.46. The van der Waals surface area contributed by atoms with Crippen LogP contribution >= 0.6 is 11.3 Å². The largest absolute Gasteiger partial charge is 0.493 e. The summed E-state index contributed by atoms with van der Waals surface area (Å²) in [7, 11) is 1.60. The maximum atomic E-state index is 12.9. The molecule has 33 heavy (non-hydrogen) atoms. The molecule has 4 aromatic rings. The Hall–Kier alpha value is -3.32. The van der Waals surface area contributed by atoms with Gasteiger partial charge in [-0.2, -0.15) is 0 Å². The summed E-state index contributed by atoms with van der Waals surface area (Å²) >= 11 is 1.65. The van der Waals surface area contributed by atoms with Gasteiger partial charge in [-0.15, -0.1) is 11.3 Å². The Morgan fingerprint density at radius 3 is 2.73 bits per heavy atom. The number of H-pyrrole nitrogens is 1. The van der Waals surface area contributed by atoms with E-state index in [1.165, 1.54) is 16.9 Å². The second-order valence-corrected chi connectivity index (χ2v) is 9.27. The summed E-state index contributed by atoms with van der Waals surface area (Å²) < 4.78 is 17.2. The van der Waals surface area contributed by atoms with Crippen molar-refractivity contribution in [3.05, 3.63) is 68.8 Å². The van der Waals surface area contributed by atoms with E-state index in [1.54, 1.807) is 18.4 Å². The molecule has 0 aliphatic heterocycles. The molecule has 1 aliphatic carbocycles. The lowest BCUT2D eigenvalue weighted by atomic mass is 9.97. The van der Waals surface area contributed by atoms with E-state index in [1.807, 2.05) is 49.4 Å². The highest BCUT2D eigenvalue weighted by Crippen LogP contribution is 2.35. The monoisotopic (exact) mass is 462 g/mol. The zero-order valence-electron chi connectivity index (χ0n) is 18.8. The van der Waals surface area contributed by atoms with Crippen LogP contribution in [0.1, 0.15) is 28.8 Å². The van der Waals surface area contributed by atoms with Crippen molar-refractivity contribution in [1.82, 2.24) is 9.97 Å². The second kappa shape index (κ2) is 9.27. The molecule has 0 bridgehead atoms. The summed E-state index contributed by atoms with van der Waals surface area (Å²) in [4.78, 5) is 22.8. The van der Waals surface area contributed by atoms with Gasteiger partial charge in [-0.1, -0.05) is 12.1 Å². The van der Waals surface area contributed by atoms with E-state index >= 15 is 0 Å². The average Bonchev–Trinajstić information content (AvgIpc) is 3.21. The molecule has 7 heteroatoms. The molecule has 0 radical (unpaired) electrons. The molecule has 2 aromatic carbocycles. The number of thiophene rings is 1. The molecule has 5 rings (SSSR count). The number of benzene rings is 2. The SMILES string of the molecule is COc1cc(-c2nc3sc4c(c3c(=O)[nH]2)CCCC4)ccc1OCCOc1cccc(C)c1. The van der Waals surface area contributed by atoms with Gasteiger partial charge in [0.2, 0.25) is 0 Å². The van der Waals surface area contributed by atoms with Crippen molar-refractivity contribution in [1.29, 1.82) is 0 Å². The third-order valence-electron chi connectivity index (χ3n) is 5.86. The molecule has 0 amide bonds. The molecule has 0 saturated carbocycles. The van der Waals surface area contributed by atoms with E-state index in [-0.39, 0.29) is 5.56 Å².